The van der Waals surface area contributed by atoms with Gasteiger partial charge in [0.05, 0.1) is 19.8 Å². The normalized spacial score (nSPS) is 10.6. The lowest BCUT2D eigenvalue weighted by atomic mass is 10.1. The lowest BCUT2D eigenvalue weighted by Gasteiger charge is -2.10. The lowest BCUT2D eigenvalue weighted by Crippen LogP contribution is -2.09. The average molecular weight is 351 g/mol. The topological polar surface area (TPSA) is 85.6 Å². The van der Waals surface area contributed by atoms with E-state index in [0.29, 0.717) is 16.9 Å². The van der Waals surface area contributed by atoms with Crippen LogP contribution in [0.2, 0.25) is 0 Å². The highest BCUT2D eigenvalue weighted by Crippen LogP contribution is 2.29. The minimum Gasteiger partial charge on any atom is -0.493 e. The maximum absolute atomic E-state index is 12.3. The summed E-state index contributed by atoms with van der Waals surface area (Å²) in [6.45, 7) is 1.88. The minimum absolute atomic E-state index is 0.154. The number of benzene rings is 2. The average Bonchev–Trinajstić information content (AvgIpc) is 2.66. The summed E-state index contributed by atoms with van der Waals surface area (Å²) < 4.78 is 15.2. The Balaban J connectivity index is 2.29. The van der Waals surface area contributed by atoms with Crippen molar-refractivity contribution in [1.82, 2.24) is 0 Å². The second-order valence-corrected chi connectivity index (χ2v) is 5.33. The highest BCUT2D eigenvalue weighted by Gasteiger charge is 2.14. The number of carbonyl (C=O) groups is 2. The zero-order valence-corrected chi connectivity index (χ0v) is 14.6. The van der Waals surface area contributed by atoms with Gasteiger partial charge in [-0.2, -0.15) is 5.26 Å². The molecule has 0 saturated carbocycles. The molecule has 0 bridgehead atoms. The third-order valence-electron chi connectivity index (χ3n) is 3.48. The molecule has 6 heteroatoms. The molecule has 2 rings (SSSR count). The molecule has 0 saturated heterocycles. The first-order valence-corrected chi connectivity index (χ1v) is 7.65. The molecule has 0 heterocycles. The van der Waals surface area contributed by atoms with Crippen molar-refractivity contribution in [3.05, 3.63) is 64.7 Å². The van der Waals surface area contributed by atoms with Crippen molar-refractivity contribution in [2.24, 2.45) is 0 Å². The molecular weight excluding hydrogens is 334 g/mol. The number of esters is 2. The van der Waals surface area contributed by atoms with E-state index < -0.39 is 11.9 Å². The maximum atomic E-state index is 12.3. The van der Waals surface area contributed by atoms with Crippen LogP contribution in [0.5, 0.6) is 11.5 Å². The molecule has 26 heavy (non-hydrogen) atoms. The van der Waals surface area contributed by atoms with Gasteiger partial charge in [0.25, 0.3) is 0 Å². The zero-order valence-electron chi connectivity index (χ0n) is 14.6. The Morgan fingerprint density at radius 3 is 2.46 bits per heavy atom. The van der Waals surface area contributed by atoms with E-state index in [4.69, 9.17) is 14.7 Å². The highest BCUT2D eigenvalue weighted by molar-refractivity contribution is 5.98. The summed E-state index contributed by atoms with van der Waals surface area (Å²) in [6.07, 6.45) is 1.36. The van der Waals surface area contributed by atoms with Crippen molar-refractivity contribution in [2.45, 2.75) is 6.92 Å². The van der Waals surface area contributed by atoms with E-state index in [2.05, 4.69) is 4.74 Å². The monoisotopic (exact) mass is 351 g/mol. The molecule has 0 spiro atoms. The molecular formula is C20H17NO5. The predicted molar refractivity (Wildman–Crippen MR) is 94.7 cm³/mol. The van der Waals surface area contributed by atoms with Crippen LogP contribution in [0.3, 0.4) is 0 Å². The van der Waals surface area contributed by atoms with E-state index in [1.807, 2.05) is 13.0 Å². The van der Waals surface area contributed by atoms with Crippen molar-refractivity contribution < 1.29 is 23.8 Å². The number of methoxy groups -OCH3 is 2. The van der Waals surface area contributed by atoms with Crippen LogP contribution in [0, 0.1) is 18.3 Å². The Kier molecular flexibility index (Phi) is 6.12. The van der Waals surface area contributed by atoms with Gasteiger partial charge in [-0.25, -0.2) is 9.59 Å². The van der Waals surface area contributed by atoms with E-state index in [0.717, 1.165) is 5.56 Å². The van der Waals surface area contributed by atoms with E-state index in [1.165, 1.54) is 26.4 Å². The fourth-order valence-corrected chi connectivity index (χ4v) is 2.20. The van der Waals surface area contributed by atoms with Gasteiger partial charge in [-0.05, 0) is 42.8 Å². The first-order chi connectivity index (χ1) is 12.5. The van der Waals surface area contributed by atoms with Gasteiger partial charge in [-0.1, -0.05) is 23.8 Å². The standard InChI is InChI=1S/C20H17NO5/c1-13-5-4-6-15(9-13)20(23)26-17-8-7-14(11-18(17)24-2)10-16(12-21)19(22)25-3/h4-11H,1-3H3/b16-10+. The highest BCUT2D eigenvalue weighted by atomic mass is 16.6. The Labute approximate surface area is 151 Å². The Bertz CT molecular complexity index is 909. The SMILES string of the molecule is COC(=O)/C(C#N)=C/c1ccc(OC(=O)c2cccc(C)c2)c(OC)c1. The molecule has 6 nitrogen and oxygen atoms in total. The molecule has 2 aromatic rings. The van der Waals surface area contributed by atoms with Gasteiger partial charge in [-0.3, -0.25) is 0 Å². The van der Waals surface area contributed by atoms with Gasteiger partial charge in [0.15, 0.2) is 11.5 Å². The first kappa shape index (κ1) is 18.7. The first-order valence-electron chi connectivity index (χ1n) is 7.65. The van der Waals surface area contributed by atoms with Gasteiger partial charge in [0, 0.05) is 0 Å². The molecule has 132 valence electrons. The molecule has 2 aromatic carbocycles. The summed E-state index contributed by atoms with van der Waals surface area (Å²) in [7, 11) is 2.63. The van der Waals surface area contributed by atoms with Gasteiger partial charge < -0.3 is 14.2 Å². The molecule has 0 aliphatic heterocycles. The summed E-state index contributed by atoms with van der Waals surface area (Å²) in [5.41, 5.74) is 1.74. The third kappa shape index (κ3) is 4.48. The van der Waals surface area contributed by atoms with Gasteiger partial charge >= 0.3 is 11.9 Å². The Hall–Kier alpha value is -3.59. The van der Waals surface area contributed by atoms with Crippen molar-refractivity contribution in [3.63, 3.8) is 0 Å². The molecule has 0 amide bonds. The van der Waals surface area contributed by atoms with Crippen LogP contribution in [-0.2, 0) is 9.53 Å². The largest absolute Gasteiger partial charge is 0.493 e. The van der Waals surface area contributed by atoms with Crippen LogP contribution < -0.4 is 9.47 Å². The number of aryl methyl sites for hydroxylation is 1. The van der Waals surface area contributed by atoms with Crippen LogP contribution in [0.25, 0.3) is 6.08 Å². The second-order valence-electron chi connectivity index (χ2n) is 5.33. The van der Waals surface area contributed by atoms with Crippen LogP contribution in [0.1, 0.15) is 21.5 Å². The smallest absolute Gasteiger partial charge is 0.348 e. The summed E-state index contributed by atoms with van der Waals surface area (Å²) >= 11 is 0. The molecule has 0 aliphatic carbocycles. The van der Waals surface area contributed by atoms with E-state index in [1.54, 1.807) is 36.4 Å². The Morgan fingerprint density at radius 2 is 1.85 bits per heavy atom. The number of hydrogen-bond donors (Lipinski definition) is 0. The minimum atomic E-state index is -0.735. The van der Waals surface area contributed by atoms with Crippen LogP contribution in [0.15, 0.2) is 48.0 Å². The molecule has 0 radical (unpaired) electrons. The lowest BCUT2D eigenvalue weighted by molar-refractivity contribution is -0.135. The number of nitrogens with zero attached hydrogens (tertiary/aromatic N) is 1. The molecule has 0 aliphatic rings. The number of hydrogen-bond acceptors (Lipinski definition) is 6. The summed E-state index contributed by atoms with van der Waals surface area (Å²) in [5.74, 6) is -0.723. The van der Waals surface area contributed by atoms with E-state index in [-0.39, 0.29) is 11.3 Å². The number of carbonyl (C=O) groups excluding carboxylic acids is 2. The predicted octanol–water partition coefficient (Wildman–Crippen LogP) is 3.30. The third-order valence-corrected chi connectivity index (χ3v) is 3.48. The molecule has 0 fully saturated rings. The Morgan fingerprint density at radius 1 is 1.08 bits per heavy atom. The van der Waals surface area contributed by atoms with Gasteiger partial charge in [0.2, 0.25) is 0 Å². The fourth-order valence-electron chi connectivity index (χ4n) is 2.20. The quantitative estimate of drug-likeness (QED) is 0.356. The molecule has 0 unspecified atom stereocenters. The summed E-state index contributed by atoms with van der Waals surface area (Å²) in [5, 5.41) is 9.02. The fraction of sp³-hybridized carbons (Fsp3) is 0.150. The molecule has 0 atom stereocenters. The van der Waals surface area contributed by atoms with Gasteiger partial charge in [0.1, 0.15) is 11.6 Å². The van der Waals surface area contributed by atoms with E-state index in [9.17, 15) is 9.59 Å². The van der Waals surface area contributed by atoms with Crippen molar-refractivity contribution in [1.29, 1.82) is 5.26 Å². The molecule has 0 N–H and O–H groups in total. The number of ether oxygens (including phenoxy) is 3. The van der Waals surface area contributed by atoms with E-state index >= 15 is 0 Å². The number of nitriles is 1. The van der Waals surface area contributed by atoms with Crippen molar-refractivity contribution in [3.8, 4) is 17.6 Å². The van der Waals surface area contributed by atoms with Crippen LogP contribution >= 0.6 is 0 Å². The maximum Gasteiger partial charge on any atom is 0.348 e. The van der Waals surface area contributed by atoms with Gasteiger partial charge in [-0.15, -0.1) is 0 Å². The van der Waals surface area contributed by atoms with Crippen molar-refractivity contribution in [2.75, 3.05) is 14.2 Å². The summed E-state index contributed by atoms with van der Waals surface area (Å²) in [6, 6.07) is 13.5. The molecule has 0 aromatic heterocycles. The zero-order chi connectivity index (χ0) is 19.1. The van der Waals surface area contributed by atoms with Crippen molar-refractivity contribution >= 4 is 18.0 Å². The second kappa shape index (κ2) is 8.49. The van der Waals surface area contributed by atoms with Crippen LogP contribution in [0.4, 0.5) is 0 Å². The summed E-state index contributed by atoms with van der Waals surface area (Å²) in [4.78, 5) is 23.8. The number of rotatable bonds is 5. The van der Waals surface area contributed by atoms with Crippen LogP contribution in [-0.4, -0.2) is 26.2 Å².